The molecule has 1 N–H and O–H groups in total. The largest absolute Gasteiger partial charge is 0.310 e. The molecule has 112 valence electrons. The van der Waals surface area contributed by atoms with E-state index in [-0.39, 0.29) is 17.2 Å². The van der Waals surface area contributed by atoms with Gasteiger partial charge in [-0.05, 0) is 59.6 Å². The average molecular weight is 354 g/mol. The Labute approximate surface area is 132 Å². The maximum absolute atomic E-state index is 14.2. The van der Waals surface area contributed by atoms with Crippen molar-refractivity contribution < 1.29 is 8.78 Å². The summed E-state index contributed by atoms with van der Waals surface area (Å²) in [5.41, 5.74) is 1.50. The maximum atomic E-state index is 14.2. The van der Waals surface area contributed by atoms with Crippen molar-refractivity contribution in [3.8, 4) is 11.1 Å². The first-order valence-corrected chi connectivity index (χ1v) is 7.81. The summed E-state index contributed by atoms with van der Waals surface area (Å²) >= 11 is 3.14. The minimum absolute atomic E-state index is 0.0968. The summed E-state index contributed by atoms with van der Waals surface area (Å²) in [5.74, 6) is -0.860. The van der Waals surface area contributed by atoms with Crippen molar-refractivity contribution in [3.63, 3.8) is 0 Å². The second-order valence-corrected chi connectivity index (χ2v) is 5.87. The zero-order chi connectivity index (χ0) is 15.4. The third kappa shape index (κ3) is 3.69. The lowest BCUT2D eigenvalue weighted by Gasteiger charge is -2.15. The third-order valence-electron chi connectivity index (χ3n) is 3.43. The molecule has 2 aromatic carbocycles. The fourth-order valence-electron chi connectivity index (χ4n) is 2.21. The molecule has 0 aliphatic rings. The summed E-state index contributed by atoms with van der Waals surface area (Å²) in [5, 5.41) is 3.35. The van der Waals surface area contributed by atoms with Crippen LogP contribution in [0.1, 0.15) is 31.9 Å². The van der Waals surface area contributed by atoms with Crippen molar-refractivity contribution in [2.45, 2.75) is 26.3 Å². The van der Waals surface area contributed by atoms with Crippen LogP contribution in [0.4, 0.5) is 8.78 Å². The highest BCUT2D eigenvalue weighted by atomic mass is 79.9. The molecule has 0 amide bonds. The number of halogens is 3. The topological polar surface area (TPSA) is 12.0 Å². The second-order valence-electron chi connectivity index (χ2n) is 5.02. The van der Waals surface area contributed by atoms with E-state index in [0.717, 1.165) is 18.5 Å². The zero-order valence-corrected chi connectivity index (χ0v) is 13.7. The number of benzene rings is 2. The van der Waals surface area contributed by atoms with Gasteiger partial charge in [-0.1, -0.05) is 25.1 Å². The van der Waals surface area contributed by atoms with E-state index in [1.807, 2.05) is 6.92 Å². The van der Waals surface area contributed by atoms with E-state index in [0.29, 0.717) is 4.47 Å². The Bertz CT molecular complexity index is 628. The van der Waals surface area contributed by atoms with Gasteiger partial charge in [-0.15, -0.1) is 0 Å². The summed E-state index contributed by atoms with van der Waals surface area (Å²) in [7, 11) is 0. The molecular formula is C17H18BrF2N. The molecule has 0 aliphatic carbocycles. The van der Waals surface area contributed by atoms with Crippen LogP contribution in [0.25, 0.3) is 11.1 Å². The quantitative estimate of drug-likeness (QED) is 0.752. The second kappa shape index (κ2) is 7.14. The van der Waals surface area contributed by atoms with Gasteiger partial charge in [0, 0.05) is 17.2 Å². The Morgan fingerprint density at radius 1 is 1.14 bits per heavy atom. The Morgan fingerprint density at radius 3 is 2.62 bits per heavy atom. The molecule has 0 spiro atoms. The summed E-state index contributed by atoms with van der Waals surface area (Å²) in [6.07, 6.45) is 1.03. The molecular weight excluding hydrogens is 336 g/mol. The van der Waals surface area contributed by atoms with Crippen LogP contribution < -0.4 is 5.32 Å². The maximum Gasteiger partial charge on any atom is 0.145 e. The van der Waals surface area contributed by atoms with Crippen LogP contribution in [0.2, 0.25) is 0 Å². The molecule has 1 unspecified atom stereocenters. The Hall–Kier alpha value is -1.26. The monoisotopic (exact) mass is 353 g/mol. The van der Waals surface area contributed by atoms with Gasteiger partial charge >= 0.3 is 0 Å². The molecule has 0 bridgehead atoms. The molecule has 4 heteroatoms. The van der Waals surface area contributed by atoms with E-state index >= 15 is 0 Å². The van der Waals surface area contributed by atoms with Crippen LogP contribution in [0.15, 0.2) is 40.9 Å². The van der Waals surface area contributed by atoms with Gasteiger partial charge in [0.2, 0.25) is 0 Å². The number of hydrogen-bond donors (Lipinski definition) is 1. The van der Waals surface area contributed by atoms with E-state index in [2.05, 4.69) is 28.2 Å². The lowest BCUT2D eigenvalue weighted by Crippen LogP contribution is -2.19. The number of rotatable bonds is 5. The predicted molar refractivity (Wildman–Crippen MR) is 86.2 cm³/mol. The van der Waals surface area contributed by atoms with Gasteiger partial charge in [-0.3, -0.25) is 0 Å². The minimum Gasteiger partial charge on any atom is -0.310 e. The molecule has 21 heavy (non-hydrogen) atoms. The predicted octanol–water partition coefficient (Wildman–Crippen LogP) is 5.45. The van der Waals surface area contributed by atoms with Crippen LogP contribution in [0.3, 0.4) is 0 Å². The van der Waals surface area contributed by atoms with Gasteiger partial charge in [0.15, 0.2) is 0 Å². The average Bonchev–Trinajstić information content (AvgIpc) is 2.48. The van der Waals surface area contributed by atoms with Crippen molar-refractivity contribution in [1.29, 1.82) is 0 Å². The lowest BCUT2D eigenvalue weighted by atomic mass is 9.99. The molecule has 0 saturated heterocycles. The first kappa shape index (κ1) is 16.1. The third-order valence-corrected chi connectivity index (χ3v) is 4.05. The van der Waals surface area contributed by atoms with Crippen molar-refractivity contribution in [2.24, 2.45) is 0 Å². The molecule has 0 heterocycles. The summed E-state index contributed by atoms with van der Waals surface area (Å²) in [4.78, 5) is 0. The highest BCUT2D eigenvalue weighted by Crippen LogP contribution is 2.31. The van der Waals surface area contributed by atoms with Gasteiger partial charge in [0.1, 0.15) is 11.6 Å². The summed E-state index contributed by atoms with van der Waals surface area (Å²) in [6.45, 7) is 5.00. The molecule has 0 aromatic heterocycles. The number of nitrogens with one attached hydrogen (secondary N) is 1. The van der Waals surface area contributed by atoms with Crippen LogP contribution in [-0.2, 0) is 0 Å². The highest BCUT2D eigenvalue weighted by Gasteiger charge is 2.14. The Balaban J connectivity index is 2.42. The normalized spacial score (nSPS) is 12.4. The SMILES string of the molecule is CCCNC(C)c1ccc(F)c(-c2cccc(Br)c2F)c1. The van der Waals surface area contributed by atoms with E-state index < -0.39 is 11.6 Å². The van der Waals surface area contributed by atoms with Gasteiger partial charge in [0.25, 0.3) is 0 Å². The molecule has 0 saturated carbocycles. The molecule has 1 nitrogen and oxygen atoms in total. The van der Waals surface area contributed by atoms with Crippen molar-refractivity contribution in [3.05, 3.63) is 58.1 Å². The van der Waals surface area contributed by atoms with Crippen LogP contribution in [-0.4, -0.2) is 6.54 Å². The van der Waals surface area contributed by atoms with Crippen LogP contribution >= 0.6 is 15.9 Å². The molecule has 0 radical (unpaired) electrons. The van der Waals surface area contributed by atoms with Gasteiger partial charge in [-0.25, -0.2) is 8.78 Å². The smallest absolute Gasteiger partial charge is 0.145 e. The first-order chi connectivity index (χ1) is 10.0. The van der Waals surface area contributed by atoms with Gasteiger partial charge in [-0.2, -0.15) is 0 Å². The first-order valence-electron chi connectivity index (χ1n) is 7.01. The standard InChI is InChI=1S/C17H18BrF2N/c1-3-9-21-11(2)12-7-8-16(19)14(10-12)13-5-4-6-15(18)17(13)20/h4-8,10-11,21H,3,9H2,1-2H3. The van der Waals surface area contributed by atoms with Crippen LogP contribution in [0, 0.1) is 11.6 Å². The molecule has 2 rings (SSSR count). The number of hydrogen-bond acceptors (Lipinski definition) is 1. The lowest BCUT2D eigenvalue weighted by molar-refractivity contribution is 0.567. The molecule has 0 aliphatic heterocycles. The summed E-state index contributed by atoms with van der Waals surface area (Å²) in [6, 6.07) is 9.84. The van der Waals surface area contributed by atoms with Gasteiger partial charge in [0.05, 0.1) is 4.47 Å². The van der Waals surface area contributed by atoms with Crippen molar-refractivity contribution >= 4 is 15.9 Å². The minimum atomic E-state index is -0.442. The van der Waals surface area contributed by atoms with E-state index in [1.165, 1.54) is 6.07 Å². The molecule has 2 aromatic rings. The van der Waals surface area contributed by atoms with E-state index in [4.69, 9.17) is 0 Å². The van der Waals surface area contributed by atoms with Crippen molar-refractivity contribution in [1.82, 2.24) is 5.32 Å². The Kier molecular flexibility index (Phi) is 5.48. The van der Waals surface area contributed by atoms with Gasteiger partial charge < -0.3 is 5.32 Å². The van der Waals surface area contributed by atoms with E-state index in [1.54, 1.807) is 30.3 Å². The zero-order valence-electron chi connectivity index (χ0n) is 12.1. The van der Waals surface area contributed by atoms with Crippen LogP contribution in [0.5, 0.6) is 0 Å². The Morgan fingerprint density at radius 2 is 1.90 bits per heavy atom. The molecule has 1 atom stereocenters. The highest BCUT2D eigenvalue weighted by molar-refractivity contribution is 9.10. The molecule has 0 fully saturated rings. The fraction of sp³-hybridized carbons (Fsp3) is 0.294. The summed E-state index contributed by atoms with van der Waals surface area (Å²) < 4.78 is 28.6. The fourth-order valence-corrected chi connectivity index (χ4v) is 2.58. The van der Waals surface area contributed by atoms with Crippen molar-refractivity contribution in [2.75, 3.05) is 6.54 Å². The van der Waals surface area contributed by atoms with E-state index in [9.17, 15) is 8.78 Å².